The maximum Gasteiger partial charge on any atom is 0.220 e. The van der Waals surface area contributed by atoms with Crippen LogP contribution >= 0.6 is 0 Å². The van der Waals surface area contributed by atoms with E-state index in [9.17, 15) is 30.3 Å². The third kappa shape index (κ3) is 21.7. The molecule has 0 aromatic carbocycles. The number of ether oxygens (including phenoxy) is 2. The normalized spacial score (nSPS) is 22.9. The SMILES string of the molecule is CCCCCCCCCCCCCCCCCCCCC/C=C/CC/C=C/C(O)C(COC1OC(CO)C(O)C(O)C1O)NC(=O)CC. The maximum absolute atomic E-state index is 12.0. The van der Waals surface area contributed by atoms with Gasteiger partial charge in [-0.25, -0.2) is 0 Å². The number of aliphatic hydroxyl groups excluding tert-OH is 5. The molecule has 6 N–H and O–H groups in total. The molecule has 7 unspecified atom stereocenters. The fourth-order valence-electron chi connectivity index (χ4n) is 6.08. The zero-order chi connectivity index (χ0) is 35.2. The van der Waals surface area contributed by atoms with Crippen LogP contribution in [0.5, 0.6) is 0 Å². The highest BCUT2D eigenvalue weighted by Crippen LogP contribution is 2.22. The van der Waals surface area contributed by atoms with Gasteiger partial charge >= 0.3 is 0 Å². The second-order valence-electron chi connectivity index (χ2n) is 13.7. The molecule has 9 nitrogen and oxygen atoms in total. The van der Waals surface area contributed by atoms with Gasteiger partial charge < -0.3 is 40.3 Å². The van der Waals surface area contributed by atoms with Gasteiger partial charge in [0.15, 0.2) is 6.29 Å². The lowest BCUT2D eigenvalue weighted by atomic mass is 9.99. The van der Waals surface area contributed by atoms with Gasteiger partial charge in [-0.3, -0.25) is 4.79 Å². The van der Waals surface area contributed by atoms with E-state index in [0.29, 0.717) is 0 Å². The molecule has 0 radical (unpaired) electrons. The van der Waals surface area contributed by atoms with Crippen molar-refractivity contribution in [1.82, 2.24) is 5.32 Å². The van der Waals surface area contributed by atoms with Crippen molar-refractivity contribution >= 4 is 5.91 Å². The molecule has 1 aliphatic rings. The smallest absolute Gasteiger partial charge is 0.220 e. The van der Waals surface area contributed by atoms with E-state index in [2.05, 4.69) is 24.4 Å². The second kappa shape index (κ2) is 30.5. The highest BCUT2D eigenvalue weighted by atomic mass is 16.7. The van der Waals surface area contributed by atoms with Gasteiger partial charge in [0.2, 0.25) is 5.91 Å². The fraction of sp³-hybridized carbons (Fsp3) is 0.872. The number of hydrogen-bond acceptors (Lipinski definition) is 8. The van der Waals surface area contributed by atoms with Crippen molar-refractivity contribution in [1.29, 1.82) is 0 Å². The van der Waals surface area contributed by atoms with Gasteiger partial charge in [-0.05, 0) is 25.7 Å². The zero-order valence-electron chi connectivity index (χ0n) is 30.5. The van der Waals surface area contributed by atoms with Crippen molar-refractivity contribution in [3.05, 3.63) is 24.3 Å². The number of amides is 1. The predicted molar refractivity (Wildman–Crippen MR) is 193 cm³/mol. The number of carbonyl (C=O) groups is 1. The van der Waals surface area contributed by atoms with Crippen molar-refractivity contribution in [3.63, 3.8) is 0 Å². The Labute approximate surface area is 292 Å². The van der Waals surface area contributed by atoms with Crippen LogP contribution in [-0.4, -0.2) is 87.5 Å². The molecular formula is C39H73NO8. The van der Waals surface area contributed by atoms with E-state index >= 15 is 0 Å². The van der Waals surface area contributed by atoms with Crippen LogP contribution < -0.4 is 5.32 Å². The Morgan fingerprint density at radius 3 is 1.67 bits per heavy atom. The minimum atomic E-state index is -1.56. The van der Waals surface area contributed by atoms with Crippen LogP contribution in [0, 0.1) is 0 Å². The van der Waals surface area contributed by atoms with E-state index in [1.165, 1.54) is 122 Å². The molecule has 1 aliphatic heterocycles. The van der Waals surface area contributed by atoms with Gasteiger partial charge in [0.05, 0.1) is 25.4 Å². The highest BCUT2D eigenvalue weighted by Gasteiger charge is 2.44. The third-order valence-corrected chi connectivity index (χ3v) is 9.34. The number of nitrogens with one attached hydrogen (secondary N) is 1. The largest absolute Gasteiger partial charge is 0.394 e. The van der Waals surface area contributed by atoms with Gasteiger partial charge in [-0.2, -0.15) is 0 Å². The molecule has 9 heteroatoms. The number of carbonyl (C=O) groups excluding carboxylic acids is 1. The molecule has 1 saturated heterocycles. The molecule has 0 aromatic heterocycles. The summed E-state index contributed by atoms with van der Waals surface area (Å²) in [7, 11) is 0. The Kier molecular flexibility index (Phi) is 28.4. The van der Waals surface area contributed by atoms with Gasteiger partial charge in [0.25, 0.3) is 0 Å². The molecule has 282 valence electrons. The first-order valence-electron chi connectivity index (χ1n) is 19.6. The van der Waals surface area contributed by atoms with E-state index < -0.39 is 49.5 Å². The molecule has 7 atom stereocenters. The van der Waals surface area contributed by atoms with Crippen LogP contribution in [0.15, 0.2) is 24.3 Å². The van der Waals surface area contributed by atoms with Crippen molar-refractivity contribution in [2.24, 2.45) is 0 Å². The first-order valence-corrected chi connectivity index (χ1v) is 19.6. The summed E-state index contributed by atoms with van der Waals surface area (Å²) < 4.78 is 10.9. The summed E-state index contributed by atoms with van der Waals surface area (Å²) in [5.41, 5.74) is 0. The van der Waals surface area contributed by atoms with Crippen LogP contribution in [0.25, 0.3) is 0 Å². The lowest BCUT2D eigenvalue weighted by Crippen LogP contribution is -2.60. The molecule has 1 fully saturated rings. The Morgan fingerprint density at radius 1 is 0.688 bits per heavy atom. The molecule has 0 bridgehead atoms. The molecule has 1 rings (SSSR count). The van der Waals surface area contributed by atoms with Gasteiger partial charge in [-0.1, -0.05) is 154 Å². The minimum Gasteiger partial charge on any atom is -0.394 e. The summed E-state index contributed by atoms with van der Waals surface area (Å²) >= 11 is 0. The van der Waals surface area contributed by atoms with Crippen LogP contribution in [0.3, 0.4) is 0 Å². The van der Waals surface area contributed by atoms with Crippen LogP contribution in [0.4, 0.5) is 0 Å². The van der Waals surface area contributed by atoms with Gasteiger partial charge in [-0.15, -0.1) is 0 Å². The first-order chi connectivity index (χ1) is 23.3. The zero-order valence-corrected chi connectivity index (χ0v) is 30.5. The average Bonchev–Trinajstić information content (AvgIpc) is 3.09. The molecule has 0 saturated carbocycles. The third-order valence-electron chi connectivity index (χ3n) is 9.34. The van der Waals surface area contributed by atoms with E-state index in [0.717, 1.165) is 19.3 Å². The van der Waals surface area contributed by atoms with Crippen LogP contribution in [0.2, 0.25) is 0 Å². The summed E-state index contributed by atoms with van der Waals surface area (Å²) in [5, 5.41) is 52.9. The predicted octanol–water partition coefficient (Wildman–Crippen LogP) is 6.77. The summed E-state index contributed by atoms with van der Waals surface area (Å²) in [6, 6.07) is -0.814. The van der Waals surface area contributed by atoms with Gasteiger partial charge in [0.1, 0.15) is 24.4 Å². The Balaban J connectivity index is 2.07. The van der Waals surface area contributed by atoms with E-state index in [1.54, 1.807) is 13.0 Å². The number of aliphatic hydroxyl groups is 5. The van der Waals surface area contributed by atoms with Gasteiger partial charge in [0, 0.05) is 6.42 Å². The number of unbranched alkanes of at least 4 members (excludes halogenated alkanes) is 20. The maximum atomic E-state index is 12.0. The van der Waals surface area contributed by atoms with Crippen LogP contribution in [-0.2, 0) is 14.3 Å². The number of allylic oxidation sites excluding steroid dienone is 3. The molecule has 0 spiro atoms. The Hall–Kier alpha value is -1.33. The molecule has 0 aliphatic carbocycles. The molecule has 1 amide bonds. The fourth-order valence-corrected chi connectivity index (χ4v) is 6.08. The summed E-state index contributed by atoms with van der Waals surface area (Å²) in [4.78, 5) is 12.0. The summed E-state index contributed by atoms with van der Waals surface area (Å²) in [6.07, 6.45) is 29.1. The standard InChI is InChI=1S/C39H73NO8/c1-3-5-6-7-8-9-10-11-12-13-14-15-16-17-18-19-20-21-22-23-24-25-26-27-28-29-33(42)32(40-35(43)4-2)31-47-39-38(46)37(45)36(44)34(30-41)48-39/h24-25,28-29,32-34,36-39,41-42,44-46H,3-23,26-27,30-31H2,1-2H3,(H,40,43)/b25-24+,29-28+. The van der Waals surface area contributed by atoms with E-state index in [4.69, 9.17) is 9.47 Å². The summed E-state index contributed by atoms with van der Waals surface area (Å²) in [6.45, 7) is 3.20. The number of hydrogen-bond donors (Lipinski definition) is 6. The number of rotatable bonds is 31. The summed E-state index contributed by atoms with van der Waals surface area (Å²) in [5.74, 6) is -0.275. The Bertz CT molecular complexity index is 807. The van der Waals surface area contributed by atoms with Crippen molar-refractivity contribution in [2.45, 2.75) is 204 Å². The van der Waals surface area contributed by atoms with E-state index in [-0.39, 0.29) is 18.9 Å². The van der Waals surface area contributed by atoms with E-state index in [1.807, 2.05) is 6.08 Å². The minimum absolute atomic E-state index is 0.209. The molecule has 48 heavy (non-hydrogen) atoms. The second-order valence-corrected chi connectivity index (χ2v) is 13.7. The topological polar surface area (TPSA) is 149 Å². The average molecular weight is 684 g/mol. The lowest BCUT2D eigenvalue weighted by Gasteiger charge is -2.40. The van der Waals surface area contributed by atoms with Crippen molar-refractivity contribution in [3.8, 4) is 0 Å². The Morgan fingerprint density at radius 2 is 1.17 bits per heavy atom. The highest BCUT2D eigenvalue weighted by molar-refractivity contribution is 5.75. The monoisotopic (exact) mass is 684 g/mol. The quantitative estimate of drug-likeness (QED) is 0.0346. The first kappa shape index (κ1) is 44.7. The van der Waals surface area contributed by atoms with Crippen LogP contribution in [0.1, 0.15) is 162 Å². The molecule has 0 aromatic rings. The molecule has 1 heterocycles. The van der Waals surface area contributed by atoms with Crippen molar-refractivity contribution < 1.29 is 39.8 Å². The lowest BCUT2D eigenvalue weighted by molar-refractivity contribution is -0.302. The molecular weight excluding hydrogens is 610 g/mol. The van der Waals surface area contributed by atoms with Crippen molar-refractivity contribution in [2.75, 3.05) is 13.2 Å².